The molecule has 1 unspecified atom stereocenters. The van der Waals surface area contributed by atoms with E-state index in [0.717, 1.165) is 18.5 Å². The zero-order valence-electron chi connectivity index (χ0n) is 12.8. The Labute approximate surface area is 127 Å². The van der Waals surface area contributed by atoms with E-state index in [0.29, 0.717) is 6.04 Å². The van der Waals surface area contributed by atoms with Crippen LogP contribution in [0.5, 0.6) is 0 Å². The number of rotatable bonds is 5. The third-order valence-corrected chi connectivity index (χ3v) is 4.41. The van der Waals surface area contributed by atoms with Gasteiger partial charge in [0.05, 0.1) is 11.7 Å². The van der Waals surface area contributed by atoms with E-state index in [2.05, 4.69) is 48.1 Å². The smallest absolute Gasteiger partial charge is 0.0640 e. The zero-order valence-corrected chi connectivity index (χ0v) is 12.8. The van der Waals surface area contributed by atoms with Crippen molar-refractivity contribution in [3.05, 3.63) is 53.3 Å². The Bertz CT molecular complexity index is 582. The maximum Gasteiger partial charge on any atom is 0.0640 e. The van der Waals surface area contributed by atoms with Crippen LogP contribution in [-0.2, 0) is 12.8 Å². The third-order valence-electron chi connectivity index (χ3n) is 4.41. The van der Waals surface area contributed by atoms with Gasteiger partial charge in [0.2, 0.25) is 0 Å². The molecule has 0 spiro atoms. The molecule has 112 valence electrons. The van der Waals surface area contributed by atoms with Crippen LogP contribution in [0.4, 0.5) is 0 Å². The Kier molecular flexibility index (Phi) is 4.39. The van der Waals surface area contributed by atoms with Crippen LogP contribution in [0, 0.1) is 6.92 Å². The van der Waals surface area contributed by atoms with Crippen LogP contribution in [0.15, 0.2) is 36.5 Å². The van der Waals surface area contributed by atoms with Gasteiger partial charge >= 0.3 is 0 Å². The van der Waals surface area contributed by atoms with Gasteiger partial charge in [0.25, 0.3) is 0 Å². The second-order valence-electron chi connectivity index (χ2n) is 6.38. The van der Waals surface area contributed by atoms with Gasteiger partial charge in [-0.15, -0.1) is 0 Å². The van der Waals surface area contributed by atoms with E-state index in [1.54, 1.807) is 0 Å². The number of benzene rings is 1. The van der Waals surface area contributed by atoms with E-state index in [-0.39, 0.29) is 6.04 Å². The first-order valence-corrected chi connectivity index (χ1v) is 8.06. The average molecular weight is 283 g/mol. The van der Waals surface area contributed by atoms with E-state index in [1.165, 1.54) is 36.8 Å². The van der Waals surface area contributed by atoms with Crippen molar-refractivity contribution in [2.75, 3.05) is 0 Å². The number of nitrogens with zero attached hydrogens (tertiary/aromatic N) is 2. The maximum absolute atomic E-state index is 6.30. The van der Waals surface area contributed by atoms with E-state index in [9.17, 15) is 0 Å². The van der Waals surface area contributed by atoms with Crippen molar-refractivity contribution in [3.8, 4) is 0 Å². The van der Waals surface area contributed by atoms with Crippen LogP contribution in [0.3, 0.4) is 0 Å². The number of hydrogen-bond donors (Lipinski definition) is 1. The van der Waals surface area contributed by atoms with Crippen molar-refractivity contribution in [1.82, 2.24) is 9.78 Å². The van der Waals surface area contributed by atoms with Crippen LogP contribution >= 0.6 is 0 Å². The molecule has 0 aliphatic heterocycles. The highest BCUT2D eigenvalue weighted by Gasteiger charge is 2.18. The van der Waals surface area contributed by atoms with E-state index < -0.39 is 0 Å². The van der Waals surface area contributed by atoms with Crippen molar-refractivity contribution in [1.29, 1.82) is 0 Å². The Morgan fingerprint density at radius 1 is 1.24 bits per heavy atom. The molecule has 1 aliphatic rings. The summed E-state index contributed by atoms with van der Waals surface area (Å²) in [6, 6.07) is 11.5. The van der Waals surface area contributed by atoms with Crippen molar-refractivity contribution in [2.45, 2.75) is 57.5 Å². The lowest BCUT2D eigenvalue weighted by Crippen LogP contribution is -2.26. The monoisotopic (exact) mass is 283 g/mol. The lowest BCUT2D eigenvalue weighted by atomic mass is 10.0. The van der Waals surface area contributed by atoms with E-state index in [1.807, 2.05) is 0 Å². The van der Waals surface area contributed by atoms with Gasteiger partial charge in [0.15, 0.2) is 0 Å². The Morgan fingerprint density at radius 2 is 2.05 bits per heavy atom. The molecule has 1 saturated carbocycles. The summed E-state index contributed by atoms with van der Waals surface area (Å²) in [6.07, 6.45) is 9.13. The predicted octanol–water partition coefficient (Wildman–Crippen LogP) is 3.42. The molecule has 1 atom stereocenters. The first-order chi connectivity index (χ1) is 10.2. The van der Waals surface area contributed by atoms with Gasteiger partial charge in [0, 0.05) is 18.7 Å². The van der Waals surface area contributed by atoms with Gasteiger partial charge < -0.3 is 5.73 Å². The highest BCUT2D eigenvalue weighted by atomic mass is 15.3. The first kappa shape index (κ1) is 14.3. The molecule has 1 aliphatic carbocycles. The summed E-state index contributed by atoms with van der Waals surface area (Å²) in [6.45, 7) is 2.12. The van der Waals surface area contributed by atoms with Gasteiger partial charge in [-0.25, -0.2) is 0 Å². The van der Waals surface area contributed by atoms with Gasteiger partial charge in [-0.05, 0) is 37.8 Å². The molecule has 3 heteroatoms. The number of aromatic nitrogens is 2. The fourth-order valence-corrected chi connectivity index (χ4v) is 3.34. The second kappa shape index (κ2) is 6.44. The fraction of sp³-hybridized carbons (Fsp3) is 0.500. The summed E-state index contributed by atoms with van der Waals surface area (Å²) in [5.41, 5.74) is 10.0. The normalized spacial score (nSPS) is 17.2. The molecule has 3 rings (SSSR count). The maximum atomic E-state index is 6.30. The molecule has 0 saturated heterocycles. The second-order valence-corrected chi connectivity index (χ2v) is 6.38. The molecule has 1 heterocycles. The number of hydrogen-bond acceptors (Lipinski definition) is 2. The van der Waals surface area contributed by atoms with Gasteiger partial charge in [-0.3, -0.25) is 4.68 Å². The zero-order chi connectivity index (χ0) is 14.7. The molecule has 0 radical (unpaired) electrons. The van der Waals surface area contributed by atoms with Crippen LogP contribution in [0.2, 0.25) is 0 Å². The van der Waals surface area contributed by atoms with Crippen LogP contribution in [0.1, 0.15) is 48.5 Å². The summed E-state index contributed by atoms with van der Waals surface area (Å²) in [5, 5.41) is 4.73. The third kappa shape index (κ3) is 3.73. The largest absolute Gasteiger partial charge is 0.327 e. The minimum absolute atomic E-state index is 0.138. The summed E-state index contributed by atoms with van der Waals surface area (Å²) in [5.74, 6) is 0. The molecule has 1 aromatic heterocycles. The minimum atomic E-state index is 0.138. The van der Waals surface area contributed by atoms with Gasteiger partial charge in [-0.1, -0.05) is 42.7 Å². The SMILES string of the molecule is Cc1cccc(CC(N)Cc2ccn(C3CCCC3)n2)c1. The molecule has 2 N–H and O–H groups in total. The van der Waals surface area contributed by atoms with Crippen molar-refractivity contribution < 1.29 is 0 Å². The molecule has 21 heavy (non-hydrogen) atoms. The van der Waals surface area contributed by atoms with Crippen molar-refractivity contribution in [2.24, 2.45) is 5.73 Å². The molecule has 0 amide bonds. The van der Waals surface area contributed by atoms with E-state index in [4.69, 9.17) is 10.8 Å². The molecule has 0 bridgehead atoms. The summed E-state index contributed by atoms with van der Waals surface area (Å²) in [7, 11) is 0. The highest BCUT2D eigenvalue weighted by molar-refractivity contribution is 5.23. The fourth-order valence-electron chi connectivity index (χ4n) is 3.34. The summed E-state index contributed by atoms with van der Waals surface area (Å²) >= 11 is 0. The molecule has 1 aromatic carbocycles. The molecule has 2 aromatic rings. The summed E-state index contributed by atoms with van der Waals surface area (Å²) in [4.78, 5) is 0. The highest BCUT2D eigenvalue weighted by Crippen LogP contribution is 2.28. The number of nitrogens with two attached hydrogens (primary N) is 1. The van der Waals surface area contributed by atoms with Crippen LogP contribution < -0.4 is 5.73 Å². The summed E-state index contributed by atoms with van der Waals surface area (Å²) < 4.78 is 2.15. The van der Waals surface area contributed by atoms with Gasteiger partial charge in [-0.2, -0.15) is 5.10 Å². The Balaban J connectivity index is 1.58. The Hall–Kier alpha value is -1.61. The van der Waals surface area contributed by atoms with Crippen LogP contribution in [-0.4, -0.2) is 15.8 Å². The molecular formula is C18H25N3. The predicted molar refractivity (Wildman–Crippen MR) is 86.3 cm³/mol. The Morgan fingerprint density at radius 3 is 2.81 bits per heavy atom. The topological polar surface area (TPSA) is 43.8 Å². The molecule has 3 nitrogen and oxygen atoms in total. The number of aryl methyl sites for hydroxylation is 1. The molecule has 1 fully saturated rings. The minimum Gasteiger partial charge on any atom is -0.327 e. The van der Waals surface area contributed by atoms with Crippen molar-refractivity contribution in [3.63, 3.8) is 0 Å². The quantitative estimate of drug-likeness (QED) is 0.913. The average Bonchev–Trinajstić information content (AvgIpc) is 3.08. The lowest BCUT2D eigenvalue weighted by Gasteiger charge is -2.11. The van der Waals surface area contributed by atoms with Crippen LogP contribution in [0.25, 0.3) is 0 Å². The molecular weight excluding hydrogens is 258 g/mol. The van der Waals surface area contributed by atoms with Gasteiger partial charge in [0.1, 0.15) is 0 Å². The van der Waals surface area contributed by atoms with Crippen molar-refractivity contribution >= 4 is 0 Å². The standard InChI is InChI=1S/C18H25N3/c1-14-5-4-6-15(11-14)12-16(19)13-17-9-10-21(20-17)18-7-2-3-8-18/h4-6,9-11,16,18H,2-3,7-8,12-13,19H2,1H3. The first-order valence-electron chi connectivity index (χ1n) is 8.06. The lowest BCUT2D eigenvalue weighted by molar-refractivity contribution is 0.461. The van der Waals surface area contributed by atoms with E-state index >= 15 is 0 Å².